The molecule has 0 saturated carbocycles. The van der Waals surface area contributed by atoms with Crippen molar-refractivity contribution in [1.82, 2.24) is 4.98 Å². The standard InChI is InChI=1S/C19H14ClN3O/c20-16-7-5-14(6-8-16)18-22-17(11-21)19(24-18)23-10-9-13-3-1-2-4-15(13)12-23/h1-8H,9-10,12H2. The van der Waals surface area contributed by atoms with E-state index in [1.165, 1.54) is 11.1 Å². The summed E-state index contributed by atoms with van der Waals surface area (Å²) in [5.74, 6) is 0.981. The summed E-state index contributed by atoms with van der Waals surface area (Å²) in [6.07, 6.45) is 0.929. The third-order valence-electron chi connectivity index (χ3n) is 4.22. The predicted molar refractivity (Wildman–Crippen MR) is 92.9 cm³/mol. The van der Waals surface area contributed by atoms with Crippen LogP contribution in [-0.4, -0.2) is 11.5 Å². The maximum atomic E-state index is 9.43. The third-order valence-corrected chi connectivity index (χ3v) is 4.48. The van der Waals surface area contributed by atoms with Gasteiger partial charge in [-0.1, -0.05) is 35.9 Å². The van der Waals surface area contributed by atoms with Crippen molar-refractivity contribution in [1.29, 1.82) is 5.26 Å². The van der Waals surface area contributed by atoms with E-state index in [2.05, 4.69) is 34.2 Å². The van der Waals surface area contributed by atoms with E-state index in [0.717, 1.165) is 25.1 Å². The van der Waals surface area contributed by atoms with Crippen molar-refractivity contribution >= 4 is 17.5 Å². The first-order valence-corrected chi connectivity index (χ1v) is 8.11. The summed E-state index contributed by atoms with van der Waals surface area (Å²) in [7, 11) is 0. The van der Waals surface area contributed by atoms with E-state index >= 15 is 0 Å². The Kier molecular flexibility index (Phi) is 3.72. The molecule has 4 rings (SSSR count). The number of anilines is 1. The predicted octanol–water partition coefficient (Wildman–Crippen LogP) is 4.43. The van der Waals surface area contributed by atoms with Gasteiger partial charge in [-0.2, -0.15) is 10.2 Å². The fourth-order valence-corrected chi connectivity index (χ4v) is 3.11. The highest BCUT2D eigenvalue weighted by Gasteiger charge is 2.24. The van der Waals surface area contributed by atoms with Gasteiger partial charge in [-0.05, 0) is 41.8 Å². The highest BCUT2D eigenvalue weighted by molar-refractivity contribution is 6.30. The average Bonchev–Trinajstić information content (AvgIpc) is 3.06. The number of fused-ring (bicyclic) bond motifs is 1. The molecule has 2 heterocycles. The first-order chi connectivity index (χ1) is 11.7. The maximum absolute atomic E-state index is 9.43. The smallest absolute Gasteiger partial charge is 0.235 e. The number of hydrogen-bond donors (Lipinski definition) is 0. The van der Waals surface area contributed by atoms with Crippen molar-refractivity contribution in [3.05, 3.63) is 70.4 Å². The van der Waals surface area contributed by atoms with E-state index in [0.29, 0.717) is 22.5 Å². The number of oxazole rings is 1. The molecule has 0 fully saturated rings. The summed E-state index contributed by atoms with van der Waals surface area (Å²) in [6.45, 7) is 1.53. The minimum absolute atomic E-state index is 0.319. The zero-order valence-electron chi connectivity index (χ0n) is 12.9. The van der Waals surface area contributed by atoms with Crippen molar-refractivity contribution < 1.29 is 4.42 Å². The molecule has 0 unspecified atom stereocenters. The van der Waals surface area contributed by atoms with E-state index in [4.69, 9.17) is 16.0 Å². The molecule has 5 heteroatoms. The van der Waals surface area contributed by atoms with E-state index < -0.39 is 0 Å². The van der Waals surface area contributed by atoms with Crippen LogP contribution in [0.5, 0.6) is 0 Å². The molecule has 2 aromatic carbocycles. The van der Waals surface area contributed by atoms with Gasteiger partial charge in [0.2, 0.25) is 17.5 Å². The lowest BCUT2D eigenvalue weighted by Crippen LogP contribution is -2.30. The Morgan fingerprint density at radius 1 is 1.08 bits per heavy atom. The van der Waals surface area contributed by atoms with Crippen LogP contribution >= 0.6 is 11.6 Å². The Hall–Kier alpha value is -2.77. The lowest BCUT2D eigenvalue weighted by atomic mass is 10.00. The van der Waals surface area contributed by atoms with Gasteiger partial charge in [-0.25, -0.2) is 0 Å². The quantitative estimate of drug-likeness (QED) is 0.695. The van der Waals surface area contributed by atoms with Gasteiger partial charge in [0.15, 0.2) is 0 Å². The van der Waals surface area contributed by atoms with Crippen molar-refractivity contribution in [2.24, 2.45) is 0 Å². The van der Waals surface area contributed by atoms with Crippen LogP contribution in [0.25, 0.3) is 11.5 Å². The van der Waals surface area contributed by atoms with Gasteiger partial charge in [-0.3, -0.25) is 0 Å². The Morgan fingerprint density at radius 3 is 2.58 bits per heavy atom. The molecule has 0 atom stereocenters. The van der Waals surface area contributed by atoms with Gasteiger partial charge in [0.1, 0.15) is 6.07 Å². The van der Waals surface area contributed by atoms with Gasteiger partial charge >= 0.3 is 0 Å². The number of benzene rings is 2. The molecule has 0 saturated heterocycles. The van der Waals surface area contributed by atoms with E-state index in [-0.39, 0.29) is 0 Å². The average molecular weight is 336 g/mol. The maximum Gasteiger partial charge on any atom is 0.235 e. The monoisotopic (exact) mass is 335 g/mol. The van der Waals surface area contributed by atoms with Crippen molar-refractivity contribution in [3.63, 3.8) is 0 Å². The minimum Gasteiger partial charge on any atom is -0.419 e. The molecule has 0 spiro atoms. The Bertz CT molecular complexity index is 925. The van der Waals surface area contributed by atoms with Crippen molar-refractivity contribution in [3.8, 4) is 17.5 Å². The van der Waals surface area contributed by atoms with E-state index in [9.17, 15) is 5.26 Å². The summed E-state index contributed by atoms with van der Waals surface area (Å²) >= 11 is 5.92. The molecule has 1 aliphatic heterocycles. The fraction of sp³-hybridized carbons (Fsp3) is 0.158. The van der Waals surface area contributed by atoms with Crippen LogP contribution in [0.1, 0.15) is 16.8 Å². The zero-order chi connectivity index (χ0) is 16.5. The van der Waals surface area contributed by atoms with Crippen LogP contribution in [0.15, 0.2) is 52.9 Å². The topological polar surface area (TPSA) is 53.1 Å². The minimum atomic E-state index is 0.319. The molecule has 0 aliphatic carbocycles. The first-order valence-electron chi connectivity index (χ1n) is 7.73. The number of nitrogens with zero attached hydrogens (tertiary/aromatic N) is 3. The second-order valence-corrected chi connectivity index (χ2v) is 6.17. The Balaban J connectivity index is 1.69. The van der Waals surface area contributed by atoms with Gasteiger partial charge in [-0.15, -0.1) is 0 Å². The molecule has 3 aromatic rings. The lowest BCUT2D eigenvalue weighted by molar-refractivity contribution is 0.540. The van der Waals surface area contributed by atoms with E-state index in [1.807, 2.05) is 18.2 Å². The molecular formula is C19H14ClN3O. The Labute approximate surface area is 144 Å². The summed E-state index contributed by atoms with van der Waals surface area (Å²) in [5.41, 5.74) is 3.74. The summed E-state index contributed by atoms with van der Waals surface area (Å²) in [4.78, 5) is 6.42. The van der Waals surface area contributed by atoms with Crippen LogP contribution in [-0.2, 0) is 13.0 Å². The normalized spacial score (nSPS) is 13.4. The lowest BCUT2D eigenvalue weighted by Gasteiger charge is -2.28. The van der Waals surface area contributed by atoms with E-state index in [1.54, 1.807) is 12.1 Å². The number of nitriles is 1. The van der Waals surface area contributed by atoms with Crippen molar-refractivity contribution in [2.75, 3.05) is 11.4 Å². The highest BCUT2D eigenvalue weighted by atomic mass is 35.5. The van der Waals surface area contributed by atoms with Gasteiger partial charge < -0.3 is 9.32 Å². The number of rotatable bonds is 2. The first kappa shape index (κ1) is 14.8. The van der Waals surface area contributed by atoms with Crippen LogP contribution in [0, 0.1) is 11.3 Å². The molecule has 1 aliphatic rings. The largest absolute Gasteiger partial charge is 0.419 e. The van der Waals surface area contributed by atoms with Crippen LogP contribution in [0.2, 0.25) is 5.02 Å². The second kappa shape index (κ2) is 6.03. The Morgan fingerprint density at radius 2 is 1.83 bits per heavy atom. The number of hydrogen-bond acceptors (Lipinski definition) is 4. The second-order valence-electron chi connectivity index (χ2n) is 5.73. The van der Waals surface area contributed by atoms with Crippen molar-refractivity contribution in [2.45, 2.75) is 13.0 Å². The molecule has 0 radical (unpaired) electrons. The van der Waals surface area contributed by atoms with Crippen LogP contribution < -0.4 is 4.90 Å². The summed E-state index contributed by atoms with van der Waals surface area (Å²) < 4.78 is 5.94. The van der Waals surface area contributed by atoms with Crippen LogP contribution in [0.4, 0.5) is 5.88 Å². The summed E-state index contributed by atoms with van der Waals surface area (Å²) in [5, 5.41) is 10.1. The molecular weight excluding hydrogens is 322 g/mol. The van der Waals surface area contributed by atoms with Gasteiger partial charge in [0.25, 0.3) is 0 Å². The molecule has 118 valence electrons. The zero-order valence-corrected chi connectivity index (χ0v) is 13.6. The highest BCUT2D eigenvalue weighted by Crippen LogP contribution is 2.31. The fourth-order valence-electron chi connectivity index (χ4n) is 2.98. The molecule has 24 heavy (non-hydrogen) atoms. The third kappa shape index (κ3) is 2.64. The molecule has 4 nitrogen and oxygen atoms in total. The SMILES string of the molecule is N#Cc1nc(-c2ccc(Cl)cc2)oc1N1CCc2ccccc2C1. The van der Waals surface area contributed by atoms with Crippen LogP contribution in [0.3, 0.4) is 0 Å². The molecule has 0 N–H and O–H groups in total. The van der Waals surface area contributed by atoms with Gasteiger partial charge in [0, 0.05) is 23.7 Å². The molecule has 1 aromatic heterocycles. The number of halogens is 1. The number of aromatic nitrogens is 1. The molecule has 0 bridgehead atoms. The van der Waals surface area contributed by atoms with Gasteiger partial charge in [0.05, 0.1) is 0 Å². The molecule has 0 amide bonds. The summed E-state index contributed by atoms with van der Waals surface area (Å²) in [6, 6.07) is 17.7.